The van der Waals surface area contributed by atoms with Crippen molar-refractivity contribution < 1.29 is 13.2 Å². The first kappa shape index (κ1) is 17.4. The van der Waals surface area contributed by atoms with Crippen LogP contribution in [0.2, 0.25) is 0 Å². The van der Waals surface area contributed by atoms with E-state index in [0.29, 0.717) is 28.3 Å². The molecule has 0 bridgehead atoms. The van der Waals surface area contributed by atoms with E-state index in [1.807, 2.05) is 31.2 Å². The van der Waals surface area contributed by atoms with Crippen LogP contribution in [-0.4, -0.2) is 9.55 Å². The number of nitrogens with zero attached hydrogens (tertiary/aromatic N) is 2. The molecule has 0 aliphatic carbocycles. The van der Waals surface area contributed by atoms with Crippen molar-refractivity contribution in [3.05, 3.63) is 69.9 Å². The van der Waals surface area contributed by atoms with E-state index in [2.05, 4.69) is 4.98 Å². The van der Waals surface area contributed by atoms with Crippen molar-refractivity contribution in [2.75, 3.05) is 0 Å². The van der Waals surface area contributed by atoms with E-state index in [0.717, 1.165) is 11.1 Å². The lowest BCUT2D eigenvalue weighted by atomic mass is 9.96. The number of hydrogen-bond donors (Lipinski definition) is 0. The number of hydrogen-bond acceptors (Lipinski definition) is 2. The Morgan fingerprint density at radius 3 is 2.04 bits per heavy atom. The summed E-state index contributed by atoms with van der Waals surface area (Å²) in [6.07, 6.45) is 0. The van der Waals surface area contributed by atoms with Gasteiger partial charge in [-0.25, -0.2) is 18.2 Å². The minimum absolute atomic E-state index is 0.259. The second-order valence-electron chi connectivity index (χ2n) is 5.87. The van der Waals surface area contributed by atoms with Crippen LogP contribution in [0.3, 0.4) is 0 Å². The lowest BCUT2D eigenvalue weighted by molar-refractivity contribution is 0.547. The average Bonchev–Trinajstić information content (AvgIpc) is 2.52. The van der Waals surface area contributed by atoms with Gasteiger partial charge in [-0.2, -0.15) is 0 Å². The van der Waals surface area contributed by atoms with E-state index in [-0.39, 0.29) is 11.1 Å². The summed E-state index contributed by atoms with van der Waals surface area (Å²) >= 11 is 5.25. The first-order chi connectivity index (χ1) is 11.8. The number of rotatable bonds is 2. The van der Waals surface area contributed by atoms with Gasteiger partial charge >= 0.3 is 0 Å². The Morgan fingerprint density at radius 2 is 1.48 bits per heavy atom. The van der Waals surface area contributed by atoms with Crippen molar-refractivity contribution in [3.63, 3.8) is 0 Å². The summed E-state index contributed by atoms with van der Waals surface area (Å²) in [5.74, 6) is -2.92. The second-order valence-corrected chi connectivity index (χ2v) is 6.24. The molecule has 0 N–H and O–H groups in total. The quantitative estimate of drug-likeness (QED) is 0.560. The molecule has 0 unspecified atom stereocenters. The number of halogens is 3. The molecule has 0 atom stereocenters. The topological polar surface area (TPSA) is 17.8 Å². The Morgan fingerprint density at radius 1 is 0.920 bits per heavy atom. The summed E-state index contributed by atoms with van der Waals surface area (Å²) in [5, 5.41) is 0. The summed E-state index contributed by atoms with van der Waals surface area (Å²) in [4.78, 5) is 4.21. The van der Waals surface area contributed by atoms with Gasteiger partial charge in [0.2, 0.25) is 0 Å². The molecule has 0 aliphatic heterocycles. The third-order valence-electron chi connectivity index (χ3n) is 4.07. The molecule has 0 amide bonds. The van der Waals surface area contributed by atoms with Crippen LogP contribution >= 0.6 is 12.2 Å². The fourth-order valence-electron chi connectivity index (χ4n) is 2.84. The van der Waals surface area contributed by atoms with Crippen LogP contribution < -0.4 is 0 Å². The van der Waals surface area contributed by atoms with Crippen LogP contribution in [0.4, 0.5) is 13.2 Å². The first-order valence-electron chi connectivity index (χ1n) is 7.59. The van der Waals surface area contributed by atoms with Crippen LogP contribution in [0, 0.1) is 36.1 Å². The van der Waals surface area contributed by atoms with E-state index in [4.69, 9.17) is 12.2 Å². The lowest BCUT2D eigenvalue weighted by Crippen LogP contribution is -2.08. The van der Waals surface area contributed by atoms with Gasteiger partial charge in [-0.15, -0.1) is 0 Å². The molecule has 25 heavy (non-hydrogen) atoms. The number of aromatic nitrogens is 2. The molecule has 1 heterocycles. The van der Waals surface area contributed by atoms with E-state index < -0.39 is 17.5 Å². The summed E-state index contributed by atoms with van der Waals surface area (Å²) < 4.78 is 44.1. The third kappa shape index (κ3) is 3.09. The zero-order chi connectivity index (χ0) is 18.3. The van der Waals surface area contributed by atoms with Crippen molar-refractivity contribution in [2.45, 2.75) is 13.8 Å². The molecule has 3 rings (SSSR count). The molecule has 0 aliphatic rings. The number of benzene rings is 2. The van der Waals surface area contributed by atoms with E-state index >= 15 is 0 Å². The Labute approximate surface area is 148 Å². The zero-order valence-electron chi connectivity index (χ0n) is 13.9. The maximum absolute atomic E-state index is 14.4. The van der Waals surface area contributed by atoms with Gasteiger partial charge in [0.05, 0.1) is 17.0 Å². The largest absolute Gasteiger partial charge is 0.319 e. The summed E-state index contributed by atoms with van der Waals surface area (Å²) in [7, 11) is 1.69. The molecule has 2 aromatic carbocycles. The van der Waals surface area contributed by atoms with Gasteiger partial charge in [0.15, 0.2) is 4.77 Å². The predicted octanol–water partition coefficient (Wildman–Crippen LogP) is 5.52. The summed E-state index contributed by atoms with van der Waals surface area (Å²) in [6, 6.07) is 8.82. The monoisotopic (exact) mass is 360 g/mol. The van der Waals surface area contributed by atoms with Gasteiger partial charge in [-0.1, -0.05) is 29.8 Å². The molecule has 0 fully saturated rings. The van der Waals surface area contributed by atoms with Crippen molar-refractivity contribution in [2.24, 2.45) is 7.05 Å². The van der Waals surface area contributed by atoms with Crippen molar-refractivity contribution >= 4 is 12.2 Å². The van der Waals surface area contributed by atoms with Crippen molar-refractivity contribution in [1.29, 1.82) is 0 Å². The fourth-order valence-corrected chi connectivity index (χ4v) is 3.07. The molecule has 0 saturated carbocycles. The van der Waals surface area contributed by atoms with Crippen LogP contribution in [0.1, 0.15) is 11.3 Å². The normalized spacial score (nSPS) is 11.0. The van der Waals surface area contributed by atoms with Crippen molar-refractivity contribution in [3.8, 4) is 22.4 Å². The summed E-state index contributed by atoms with van der Waals surface area (Å²) in [6.45, 7) is 3.57. The van der Waals surface area contributed by atoms with Crippen molar-refractivity contribution in [1.82, 2.24) is 9.55 Å². The van der Waals surface area contributed by atoms with Gasteiger partial charge in [0.1, 0.15) is 17.5 Å². The Bertz CT molecular complexity index is 1000. The van der Waals surface area contributed by atoms with Gasteiger partial charge < -0.3 is 4.57 Å². The highest BCUT2D eigenvalue weighted by Gasteiger charge is 2.22. The first-order valence-corrected chi connectivity index (χ1v) is 8.00. The Hall–Kier alpha value is -2.47. The zero-order valence-corrected chi connectivity index (χ0v) is 14.7. The van der Waals surface area contributed by atoms with Crippen LogP contribution in [0.25, 0.3) is 22.4 Å². The van der Waals surface area contributed by atoms with Gasteiger partial charge in [-0.05, 0) is 31.6 Å². The van der Waals surface area contributed by atoms with Crippen LogP contribution in [-0.2, 0) is 7.05 Å². The third-order valence-corrected chi connectivity index (χ3v) is 4.43. The molecular formula is C19H15F3N2S. The maximum Gasteiger partial charge on any atom is 0.199 e. The molecule has 128 valence electrons. The summed E-state index contributed by atoms with van der Waals surface area (Å²) in [5.41, 5.74) is 2.65. The van der Waals surface area contributed by atoms with Crippen LogP contribution in [0.5, 0.6) is 0 Å². The molecule has 6 heteroatoms. The standard InChI is InChI=1S/C19H15F3N2S/c1-10-4-6-12(7-5-10)18-16(11(2)23-19(25)24(18)3)17-14(21)8-13(20)9-15(17)22/h4-9H,1-3H3. The predicted molar refractivity (Wildman–Crippen MR) is 94.3 cm³/mol. The average molecular weight is 360 g/mol. The smallest absolute Gasteiger partial charge is 0.199 e. The SMILES string of the molecule is Cc1ccc(-c2c(-c3c(F)cc(F)cc3F)c(C)nc(=S)n2C)cc1. The lowest BCUT2D eigenvalue weighted by Gasteiger charge is -2.18. The van der Waals surface area contributed by atoms with Gasteiger partial charge in [-0.3, -0.25) is 0 Å². The molecule has 3 aromatic rings. The minimum Gasteiger partial charge on any atom is -0.319 e. The molecule has 0 saturated heterocycles. The van der Waals surface area contributed by atoms with Gasteiger partial charge in [0, 0.05) is 24.7 Å². The molecule has 1 aromatic heterocycles. The van der Waals surface area contributed by atoms with E-state index in [9.17, 15) is 13.2 Å². The maximum atomic E-state index is 14.4. The molecule has 2 nitrogen and oxygen atoms in total. The molecule has 0 radical (unpaired) electrons. The molecular weight excluding hydrogens is 345 g/mol. The highest BCUT2D eigenvalue weighted by molar-refractivity contribution is 7.71. The van der Waals surface area contributed by atoms with Gasteiger partial charge in [0.25, 0.3) is 0 Å². The van der Waals surface area contributed by atoms with E-state index in [1.165, 1.54) is 0 Å². The second kappa shape index (κ2) is 6.44. The Kier molecular flexibility index (Phi) is 4.47. The Balaban J connectivity index is 2.44. The highest BCUT2D eigenvalue weighted by Crippen LogP contribution is 2.37. The highest BCUT2D eigenvalue weighted by atomic mass is 32.1. The van der Waals surface area contributed by atoms with Crippen LogP contribution in [0.15, 0.2) is 36.4 Å². The number of aryl methyl sites for hydroxylation is 2. The van der Waals surface area contributed by atoms with E-state index in [1.54, 1.807) is 18.5 Å². The fraction of sp³-hybridized carbons (Fsp3) is 0.158. The minimum atomic E-state index is -0.979. The molecule has 0 spiro atoms.